The third kappa shape index (κ3) is 4.60. The van der Waals surface area contributed by atoms with Crippen molar-refractivity contribution in [2.75, 3.05) is 6.61 Å². The number of amides is 1. The van der Waals surface area contributed by atoms with Gasteiger partial charge < -0.3 is 16.2 Å². The molecule has 0 radical (unpaired) electrons. The van der Waals surface area contributed by atoms with E-state index in [0.717, 1.165) is 0 Å². The van der Waals surface area contributed by atoms with Gasteiger partial charge in [0.2, 0.25) is 0 Å². The second kappa shape index (κ2) is 3.71. The number of hydrogen-bond acceptors (Lipinski definition) is 2. The van der Waals surface area contributed by atoms with Crippen molar-refractivity contribution < 1.29 is 9.53 Å². The molecule has 0 saturated heterocycles. The first-order valence-electron chi connectivity index (χ1n) is 2.43. The Balaban J connectivity index is 3.63. The van der Waals surface area contributed by atoms with E-state index in [2.05, 4.69) is 9.73 Å². The highest BCUT2D eigenvalue weighted by molar-refractivity contribution is 5.87. The Morgan fingerprint density at radius 1 is 1.67 bits per heavy atom. The fourth-order valence-corrected chi connectivity index (χ4v) is 0.261. The molecule has 0 aliphatic heterocycles. The van der Waals surface area contributed by atoms with Gasteiger partial charge in [-0.05, 0) is 6.92 Å². The first kappa shape index (κ1) is 7.74. The Bertz CT molecular complexity index is 128. The third-order valence-electron chi connectivity index (χ3n) is 0.488. The molecule has 0 aromatic heterocycles. The van der Waals surface area contributed by atoms with Crippen LogP contribution >= 0.6 is 0 Å². The van der Waals surface area contributed by atoms with Gasteiger partial charge in [0.05, 0.1) is 6.61 Å². The largest absolute Gasteiger partial charge is 0.448 e. The van der Waals surface area contributed by atoms with Gasteiger partial charge in [0.25, 0.3) is 0 Å². The molecule has 0 atom stereocenters. The number of rotatable bonds is 1. The smallest absolute Gasteiger partial charge is 0.436 e. The summed E-state index contributed by atoms with van der Waals surface area (Å²) in [5.41, 5.74) is 9.70. The van der Waals surface area contributed by atoms with Gasteiger partial charge in [0.15, 0.2) is 5.96 Å². The molecule has 0 aliphatic rings. The summed E-state index contributed by atoms with van der Waals surface area (Å²) in [7, 11) is 0. The molecule has 0 unspecified atom stereocenters. The molecule has 0 aliphatic carbocycles. The normalized spacial score (nSPS) is 8.11. The molecule has 5 heteroatoms. The van der Waals surface area contributed by atoms with E-state index in [4.69, 9.17) is 11.5 Å². The quantitative estimate of drug-likeness (QED) is 0.368. The summed E-state index contributed by atoms with van der Waals surface area (Å²) < 4.78 is 4.37. The van der Waals surface area contributed by atoms with Crippen LogP contribution in [-0.4, -0.2) is 18.7 Å². The average molecular weight is 131 g/mol. The molecular formula is C4H9N3O2. The SMILES string of the molecule is CCOC(=O)N=C(N)N. The lowest BCUT2D eigenvalue weighted by Gasteiger charge is -1.93. The van der Waals surface area contributed by atoms with Crippen molar-refractivity contribution in [2.45, 2.75) is 6.92 Å². The zero-order valence-electron chi connectivity index (χ0n) is 5.13. The number of guanidine groups is 1. The van der Waals surface area contributed by atoms with Gasteiger partial charge in [-0.25, -0.2) is 4.79 Å². The van der Waals surface area contributed by atoms with Crippen LogP contribution in [0.2, 0.25) is 0 Å². The predicted octanol–water partition coefficient (Wildman–Crippen LogP) is -0.584. The summed E-state index contributed by atoms with van der Waals surface area (Å²) in [6.07, 6.45) is -0.752. The molecule has 0 bridgehead atoms. The van der Waals surface area contributed by atoms with Crippen LogP contribution in [0.4, 0.5) is 4.79 Å². The lowest BCUT2D eigenvalue weighted by Crippen LogP contribution is -2.24. The van der Waals surface area contributed by atoms with E-state index < -0.39 is 6.09 Å². The molecule has 0 rings (SSSR count). The summed E-state index contributed by atoms with van der Waals surface area (Å²) in [6, 6.07) is 0. The van der Waals surface area contributed by atoms with Crippen LogP contribution in [0.3, 0.4) is 0 Å². The third-order valence-corrected chi connectivity index (χ3v) is 0.488. The summed E-state index contributed by atoms with van der Waals surface area (Å²) in [5.74, 6) is -0.284. The second-order valence-electron chi connectivity index (χ2n) is 1.24. The van der Waals surface area contributed by atoms with Crippen LogP contribution in [-0.2, 0) is 4.74 Å². The highest BCUT2D eigenvalue weighted by Crippen LogP contribution is 1.79. The Hall–Kier alpha value is -1.26. The van der Waals surface area contributed by atoms with Gasteiger partial charge in [-0.3, -0.25) is 0 Å². The first-order valence-corrected chi connectivity index (χ1v) is 2.43. The van der Waals surface area contributed by atoms with Crippen molar-refractivity contribution in [3.05, 3.63) is 0 Å². The zero-order valence-corrected chi connectivity index (χ0v) is 5.13. The van der Waals surface area contributed by atoms with Crippen molar-refractivity contribution >= 4 is 12.1 Å². The fourth-order valence-electron chi connectivity index (χ4n) is 0.261. The van der Waals surface area contributed by atoms with Gasteiger partial charge in [-0.1, -0.05) is 0 Å². The number of carbonyl (C=O) groups is 1. The summed E-state index contributed by atoms with van der Waals surface area (Å²) in [4.78, 5) is 13.4. The van der Waals surface area contributed by atoms with Crippen LogP contribution in [0.1, 0.15) is 6.92 Å². The van der Waals surface area contributed by atoms with Crippen molar-refractivity contribution in [1.82, 2.24) is 0 Å². The van der Waals surface area contributed by atoms with Crippen LogP contribution in [0.5, 0.6) is 0 Å². The number of ether oxygens (including phenoxy) is 1. The molecule has 9 heavy (non-hydrogen) atoms. The highest BCUT2D eigenvalue weighted by Gasteiger charge is 1.94. The minimum atomic E-state index is -0.752. The maximum atomic E-state index is 10.3. The van der Waals surface area contributed by atoms with E-state index in [-0.39, 0.29) is 12.6 Å². The van der Waals surface area contributed by atoms with Crippen LogP contribution in [0.15, 0.2) is 4.99 Å². The number of carbonyl (C=O) groups excluding carboxylic acids is 1. The van der Waals surface area contributed by atoms with E-state index in [1.54, 1.807) is 6.92 Å². The minimum absolute atomic E-state index is 0.273. The van der Waals surface area contributed by atoms with Crippen LogP contribution < -0.4 is 11.5 Å². The first-order chi connectivity index (χ1) is 4.16. The van der Waals surface area contributed by atoms with Crippen LogP contribution in [0.25, 0.3) is 0 Å². The maximum absolute atomic E-state index is 10.3. The Kier molecular flexibility index (Phi) is 3.19. The van der Waals surface area contributed by atoms with Crippen LogP contribution in [0, 0.1) is 0 Å². The predicted molar refractivity (Wildman–Crippen MR) is 32.8 cm³/mol. The van der Waals surface area contributed by atoms with E-state index in [0.29, 0.717) is 0 Å². The van der Waals surface area contributed by atoms with Crippen molar-refractivity contribution in [3.63, 3.8) is 0 Å². The number of nitrogens with two attached hydrogens (primary N) is 2. The summed E-state index contributed by atoms with van der Waals surface area (Å²) in [6.45, 7) is 1.94. The summed E-state index contributed by atoms with van der Waals surface area (Å²) >= 11 is 0. The maximum Gasteiger partial charge on any atom is 0.436 e. The molecule has 0 spiro atoms. The van der Waals surface area contributed by atoms with Gasteiger partial charge in [0, 0.05) is 0 Å². The van der Waals surface area contributed by atoms with E-state index in [9.17, 15) is 4.79 Å². The highest BCUT2D eigenvalue weighted by atomic mass is 16.5. The Morgan fingerprint density at radius 3 is 2.56 bits per heavy atom. The number of nitrogens with zero attached hydrogens (tertiary/aromatic N) is 1. The fraction of sp³-hybridized carbons (Fsp3) is 0.500. The lowest BCUT2D eigenvalue weighted by molar-refractivity contribution is 0.163. The topological polar surface area (TPSA) is 90.7 Å². The molecule has 52 valence electrons. The van der Waals surface area contributed by atoms with Crippen molar-refractivity contribution in [3.8, 4) is 0 Å². The number of aliphatic imine (C=N–C) groups is 1. The van der Waals surface area contributed by atoms with Gasteiger partial charge in [-0.2, -0.15) is 0 Å². The van der Waals surface area contributed by atoms with Gasteiger partial charge in [0.1, 0.15) is 0 Å². The Morgan fingerprint density at radius 2 is 2.22 bits per heavy atom. The summed E-state index contributed by atoms with van der Waals surface area (Å²) in [5, 5.41) is 0. The molecule has 0 heterocycles. The minimum Gasteiger partial charge on any atom is -0.448 e. The number of hydrogen-bond donors (Lipinski definition) is 2. The molecule has 0 aromatic carbocycles. The average Bonchev–Trinajstić information content (AvgIpc) is 1.63. The zero-order chi connectivity index (χ0) is 7.28. The van der Waals surface area contributed by atoms with E-state index in [1.807, 2.05) is 0 Å². The lowest BCUT2D eigenvalue weighted by atomic mass is 10.9. The molecule has 0 saturated carbocycles. The van der Waals surface area contributed by atoms with Gasteiger partial charge in [-0.15, -0.1) is 4.99 Å². The molecular weight excluding hydrogens is 122 g/mol. The molecule has 0 fully saturated rings. The molecule has 1 amide bonds. The molecule has 0 aromatic rings. The standard InChI is InChI=1S/C4H9N3O2/c1-2-9-4(8)7-3(5)6/h2H2,1H3,(H4,5,6,7,8). The van der Waals surface area contributed by atoms with Crippen molar-refractivity contribution in [2.24, 2.45) is 16.5 Å². The van der Waals surface area contributed by atoms with E-state index >= 15 is 0 Å². The Labute approximate surface area is 52.7 Å². The molecule has 4 N–H and O–H groups in total. The monoisotopic (exact) mass is 131 g/mol. The van der Waals surface area contributed by atoms with Crippen molar-refractivity contribution in [1.29, 1.82) is 0 Å². The molecule has 5 nitrogen and oxygen atoms in total. The second-order valence-corrected chi connectivity index (χ2v) is 1.24. The van der Waals surface area contributed by atoms with Gasteiger partial charge >= 0.3 is 6.09 Å². The van der Waals surface area contributed by atoms with E-state index in [1.165, 1.54) is 0 Å².